The maximum Gasteiger partial charge on any atom is 0.200 e. The number of hydrogen-bond donors (Lipinski definition) is 1. The summed E-state index contributed by atoms with van der Waals surface area (Å²) in [7, 11) is 0. The standard InChI is InChI=1S/C16H20F2O/c17-15-13(8-9-14(19)16(15)18)12-6-4-11(5-7-12)10-2-1-3-10/h8-12,19H,1-7H2. The summed E-state index contributed by atoms with van der Waals surface area (Å²) in [4.78, 5) is 0. The Morgan fingerprint density at radius 2 is 1.47 bits per heavy atom. The molecule has 3 rings (SSSR count). The van der Waals surface area contributed by atoms with E-state index >= 15 is 0 Å². The van der Waals surface area contributed by atoms with Crippen LogP contribution in [0.1, 0.15) is 56.4 Å². The maximum atomic E-state index is 13.8. The molecule has 0 spiro atoms. The molecular weight excluding hydrogens is 246 g/mol. The minimum absolute atomic E-state index is 0.117. The lowest BCUT2D eigenvalue weighted by atomic mass is 9.67. The van der Waals surface area contributed by atoms with E-state index in [4.69, 9.17) is 5.11 Å². The highest BCUT2D eigenvalue weighted by Crippen LogP contribution is 2.45. The van der Waals surface area contributed by atoms with Crippen molar-refractivity contribution >= 4 is 0 Å². The summed E-state index contributed by atoms with van der Waals surface area (Å²) >= 11 is 0. The van der Waals surface area contributed by atoms with E-state index in [0.717, 1.165) is 37.5 Å². The van der Waals surface area contributed by atoms with Crippen LogP contribution < -0.4 is 0 Å². The van der Waals surface area contributed by atoms with E-state index in [0.29, 0.717) is 5.56 Å². The molecule has 2 fully saturated rings. The minimum atomic E-state index is -1.10. The lowest BCUT2D eigenvalue weighted by Crippen LogP contribution is -2.26. The van der Waals surface area contributed by atoms with Gasteiger partial charge in [-0.2, -0.15) is 4.39 Å². The Bertz CT molecular complexity index is 460. The first-order valence-corrected chi connectivity index (χ1v) is 7.33. The monoisotopic (exact) mass is 266 g/mol. The Morgan fingerprint density at radius 1 is 0.842 bits per heavy atom. The predicted molar refractivity (Wildman–Crippen MR) is 70.1 cm³/mol. The van der Waals surface area contributed by atoms with Gasteiger partial charge in [0.2, 0.25) is 5.82 Å². The molecule has 2 saturated carbocycles. The first-order chi connectivity index (χ1) is 9.16. The first-order valence-electron chi connectivity index (χ1n) is 7.33. The number of halogens is 2. The third-order valence-electron chi connectivity index (χ3n) is 5.12. The zero-order valence-electron chi connectivity index (χ0n) is 11.0. The minimum Gasteiger partial charge on any atom is -0.505 e. The third-order valence-corrected chi connectivity index (χ3v) is 5.12. The van der Waals surface area contributed by atoms with E-state index in [1.165, 1.54) is 25.3 Å². The van der Waals surface area contributed by atoms with Gasteiger partial charge >= 0.3 is 0 Å². The molecule has 1 nitrogen and oxygen atoms in total. The number of benzene rings is 1. The zero-order valence-corrected chi connectivity index (χ0v) is 11.0. The Morgan fingerprint density at radius 3 is 2.05 bits per heavy atom. The van der Waals surface area contributed by atoms with Crippen molar-refractivity contribution in [3.8, 4) is 5.75 Å². The van der Waals surface area contributed by atoms with Gasteiger partial charge in [-0.05, 0) is 55.1 Å². The highest BCUT2D eigenvalue weighted by atomic mass is 19.2. The second-order valence-corrected chi connectivity index (χ2v) is 6.10. The molecular formula is C16H20F2O. The molecule has 0 unspecified atom stereocenters. The Balaban J connectivity index is 1.69. The average Bonchev–Trinajstić information content (AvgIpc) is 2.36. The van der Waals surface area contributed by atoms with Crippen LogP contribution in [0.25, 0.3) is 0 Å². The van der Waals surface area contributed by atoms with Crippen molar-refractivity contribution in [3.63, 3.8) is 0 Å². The molecule has 0 atom stereocenters. The summed E-state index contributed by atoms with van der Waals surface area (Å²) in [6.45, 7) is 0. The van der Waals surface area contributed by atoms with E-state index in [1.54, 1.807) is 6.07 Å². The Hall–Kier alpha value is -1.12. The largest absolute Gasteiger partial charge is 0.505 e. The van der Waals surface area contributed by atoms with Gasteiger partial charge in [-0.1, -0.05) is 25.3 Å². The molecule has 1 aromatic carbocycles. The molecule has 1 N–H and O–H groups in total. The van der Waals surface area contributed by atoms with E-state index in [1.807, 2.05) is 0 Å². The summed E-state index contributed by atoms with van der Waals surface area (Å²) < 4.78 is 27.2. The molecule has 19 heavy (non-hydrogen) atoms. The van der Waals surface area contributed by atoms with Crippen molar-refractivity contribution < 1.29 is 13.9 Å². The maximum absolute atomic E-state index is 13.8. The summed E-state index contributed by atoms with van der Waals surface area (Å²) in [6.07, 6.45) is 8.25. The number of hydrogen-bond acceptors (Lipinski definition) is 1. The molecule has 0 heterocycles. The molecule has 0 bridgehead atoms. The highest BCUT2D eigenvalue weighted by Gasteiger charge is 2.32. The van der Waals surface area contributed by atoms with Crippen LogP contribution in [0, 0.1) is 23.5 Å². The normalized spacial score (nSPS) is 28.1. The summed E-state index contributed by atoms with van der Waals surface area (Å²) in [5.74, 6) is -0.737. The molecule has 2 aliphatic carbocycles. The van der Waals surface area contributed by atoms with E-state index < -0.39 is 17.4 Å². The fourth-order valence-electron chi connectivity index (χ4n) is 3.68. The highest BCUT2D eigenvalue weighted by molar-refractivity contribution is 5.32. The van der Waals surface area contributed by atoms with Crippen molar-refractivity contribution in [2.75, 3.05) is 0 Å². The quantitative estimate of drug-likeness (QED) is 0.819. The average molecular weight is 266 g/mol. The summed E-state index contributed by atoms with van der Waals surface area (Å²) in [5.41, 5.74) is 0.447. The van der Waals surface area contributed by atoms with E-state index in [2.05, 4.69) is 0 Å². The van der Waals surface area contributed by atoms with Gasteiger partial charge in [-0.3, -0.25) is 0 Å². The van der Waals surface area contributed by atoms with Crippen LogP contribution in [-0.4, -0.2) is 5.11 Å². The van der Waals surface area contributed by atoms with Gasteiger partial charge in [-0.25, -0.2) is 4.39 Å². The number of phenolic OH excluding ortho intramolecular Hbond substituents is 1. The van der Waals surface area contributed by atoms with Crippen molar-refractivity contribution in [1.29, 1.82) is 0 Å². The van der Waals surface area contributed by atoms with Crippen molar-refractivity contribution in [3.05, 3.63) is 29.3 Å². The van der Waals surface area contributed by atoms with Crippen LogP contribution in [0.4, 0.5) is 8.78 Å². The van der Waals surface area contributed by atoms with Crippen LogP contribution in [0.3, 0.4) is 0 Å². The van der Waals surface area contributed by atoms with Crippen LogP contribution in [0.2, 0.25) is 0 Å². The van der Waals surface area contributed by atoms with Gasteiger partial charge in [0.25, 0.3) is 0 Å². The second kappa shape index (κ2) is 5.10. The van der Waals surface area contributed by atoms with E-state index in [-0.39, 0.29) is 5.92 Å². The van der Waals surface area contributed by atoms with Gasteiger partial charge in [0.05, 0.1) is 0 Å². The Kier molecular flexibility index (Phi) is 3.46. The number of phenols is 1. The predicted octanol–water partition coefficient (Wildman–Crippen LogP) is 4.74. The Labute approximate surface area is 112 Å². The molecule has 0 saturated heterocycles. The lowest BCUT2D eigenvalue weighted by Gasteiger charge is -2.38. The van der Waals surface area contributed by atoms with Gasteiger partial charge in [0.1, 0.15) is 0 Å². The van der Waals surface area contributed by atoms with Crippen LogP contribution >= 0.6 is 0 Å². The van der Waals surface area contributed by atoms with E-state index in [9.17, 15) is 8.78 Å². The van der Waals surface area contributed by atoms with Crippen LogP contribution in [0.5, 0.6) is 5.75 Å². The second-order valence-electron chi connectivity index (χ2n) is 6.10. The molecule has 0 radical (unpaired) electrons. The number of aromatic hydroxyl groups is 1. The third kappa shape index (κ3) is 2.35. The van der Waals surface area contributed by atoms with Gasteiger partial charge in [0.15, 0.2) is 11.6 Å². The lowest BCUT2D eigenvalue weighted by molar-refractivity contribution is 0.153. The van der Waals surface area contributed by atoms with Crippen molar-refractivity contribution in [1.82, 2.24) is 0 Å². The first kappa shape index (κ1) is 12.9. The fourth-order valence-corrected chi connectivity index (χ4v) is 3.68. The van der Waals surface area contributed by atoms with Crippen molar-refractivity contribution in [2.24, 2.45) is 11.8 Å². The molecule has 1 aromatic rings. The molecule has 104 valence electrons. The molecule has 0 aromatic heterocycles. The van der Waals surface area contributed by atoms with Crippen LogP contribution in [-0.2, 0) is 0 Å². The smallest absolute Gasteiger partial charge is 0.200 e. The zero-order chi connectivity index (χ0) is 13.4. The molecule has 3 heteroatoms. The summed E-state index contributed by atoms with van der Waals surface area (Å²) in [5, 5.41) is 9.16. The SMILES string of the molecule is Oc1ccc(C2CCC(C3CCC3)CC2)c(F)c1F. The van der Waals surface area contributed by atoms with Crippen LogP contribution in [0.15, 0.2) is 12.1 Å². The molecule has 2 aliphatic rings. The van der Waals surface area contributed by atoms with Gasteiger partial charge in [0, 0.05) is 0 Å². The van der Waals surface area contributed by atoms with Gasteiger partial charge < -0.3 is 5.11 Å². The number of rotatable bonds is 2. The summed E-state index contributed by atoms with van der Waals surface area (Å²) in [6, 6.07) is 2.81. The molecule has 0 aliphatic heterocycles. The topological polar surface area (TPSA) is 20.2 Å². The van der Waals surface area contributed by atoms with Crippen molar-refractivity contribution in [2.45, 2.75) is 50.9 Å². The molecule has 0 amide bonds. The fraction of sp³-hybridized carbons (Fsp3) is 0.625. The van der Waals surface area contributed by atoms with Gasteiger partial charge in [-0.15, -0.1) is 0 Å².